The number of hydrogen-bond acceptors (Lipinski definition) is 3. The van der Waals surface area contributed by atoms with Gasteiger partial charge in [-0.15, -0.1) is 0 Å². The summed E-state index contributed by atoms with van der Waals surface area (Å²) in [6.07, 6.45) is 1.72. The largest absolute Gasteiger partial charge is 0.383 e. The van der Waals surface area contributed by atoms with Gasteiger partial charge in [-0.1, -0.05) is 12.1 Å². The smallest absolute Gasteiger partial charge is 0.128 e. The average molecular weight is 241 g/mol. The van der Waals surface area contributed by atoms with Gasteiger partial charge in [-0.05, 0) is 43.2 Å². The van der Waals surface area contributed by atoms with Gasteiger partial charge in [0.05, 0.1) is 0 Å². The molecule has 0 aliphatic heterocycles. The van der Waals surface area contributed by atoms with Crippen molar-refractivity contribution in [3.8, 4) is 0 Å². The minimum atomic E-state index is 0.605. The molecule has 3 heteroatoms. The Morgan fingerprint density at radius 2 is 1.83 bits per heavy atom. The van der Waals surface area contributed by atoms with Crippen molar-refractivity contribution in [3.63, 3.8) is 0 Å². The third-order valence-electron chi connectivity index (χ3n) is 2.98. The predicted molar refractivity (Wildman–Crippen MR) is 76.7 cm³/mol. The van der Waals surface area contributed by atoms with Crippen molar-refractivity contribution in [2.24, 2.45) is 0 Å². The van der Waals surface area contributed by atoms with Crippen LogP contribution < -0.4 is 10.6 Å². The van der Waals surface area contributed by atoms with Gasteiger partial charge in [-0.25, -0.2) is 4.98 Å². The highest BCUT2D eigenvalue weighted by Gasteiger charge is 2.06. The standard InChI is InChI=1S/C15H19N3/c1-11-7-12(2)9-14(8-11)18(3)10-13-5-4-6-17-15(13)16/h4-9H,10H2,1-3H3,(H2,16,17). The van der Waals surface area contributed by atoms with E-state index in [1.807, 2.05) is 12.1 Å². The van der Waals surface area contributed by atoms with Crippen molar-refractivity contribution in [1.82, 2.24) is 4.98 Å². The molecule has 0 unspecified atom stereocenters. The van der Waals surface area contributed by atoms with E-state index in [4.69, 9.17) is 5.73 Å². The number of benzene rings is 1. The maximum atomic E-state index is 5.87. The molecule has 2 rings (SSSR count). The summed E-state index contributed by atoms with van der Waals surface area (Å²) < 4.78 is 0. The molecule has 2 N–H and O–H groups in total. The molecular formula is C15H19N3. The number of rotatable bonds is 3. The summed E-state index contributed by atoms with van der Waals surface area (Å²) in [5.74, 6) is 0.605. The van der Waals surface area contributed by atoms with Crippen molar-refractivity contribution in [2.75, 3.05) is 17.7 Å². The summed E-state index contributed by atoms with van der Waals surface area (Å²) in [5.41, 5.74) is 10.7. The third-order valence-corrected chi connectivity index (χ3v) is 2.98. The highest BCUT2D eigenvalue weighted by Crippen LogP contribution is 2.20. The number of anilines is 2. The maximum absolute atomic E-state index is 5.87. The quantitative estimate of drug-likeness (QED) is 0.898. The van der Waals surface area contributed by atoms with Crippen LogP contribution in [0.4, 0.5) is 11.5 Å². The second-order valence-electron chi connectivity index (χ2n) is 4.75. The molecule has 1 heterocycles. The first-order valence-electron chi connectivity index (χ1n) is 6.05. The summed E-state index contributed by atoms with van der Waals surface area (Å²) in [4.78, 5) is 6.30. The van der Waals surface area contributed by atoms with Crippen LogP contribution in [0.3, 0.4) is 0 Å². The van der Waals surface area contributed by atoms with Gasteiger partial charge in [0.1, 0.15) is 5.82 Å². The number of pyridine rings is 1. The number of aryl methyl sites for hydroxylation is 2. The van der Waals surface area contributed by atoms with Crippen LogP contribution in [0.25, 0.3) is 0 Å². The van der Waals surface area contributed by atoms with E-state index in [1.54, 1.807) is 6.20 Å². The molecule has 1 aromatic heterocycles. The molecule has 2 aromatic rings. The van der Waals surface area contributed by atoms with Crippen molar-refractivity contribution in [2.45, 2.75) is 20.4 Å². The summed E-state index contributed by atoms with van der Waals surface area (Å²) >= 11 is 0. The molecule has 18 heavy (non-hydrogen) atoms. The Kier molecular flexibility index (Phi) is 3.51. The van der Waals surface area contributed by atoms with Gasteiger partial charge in [-0.3, -0.25) is 0 Å². The molecule has 0 spiro atoms. The summed E-state index contributed by atoms with van der Waals surface area (Å²) in [6.45, 7) is 4.99. The van der Waals surface area contributed by atoms with E-state index in [0.29, 0.717) is 5.82 Å². The van der Waals surface area contributed by atoms with Crippen LogP contribution in [0.15, 0.2) is 36.5 Å². The lowest BCUT2D eigenvalue weighted by atomic mass is 10.1. The highest BCUT2D eigenvalue weighted by atomic mass is 15.1. The number of nitrogens with two attached hydrogens (primary N) is 1. The molecule has 0 atom stereocenters. The minimum absolute atomic E-state index is 0.605. The van der Waals surface area contributed by atoms with Crippen molar-refractivity contribution in [1.29, 1.82) is 0 Å². The van der Waals surface area contributed by atoms with Crippen molar-refractivity contribution in [3.05, 3.63) is 53.2 Å². The SMILES string of the molecule is Cc1cc(C)cc(N(C)Cc2cccnc2N)c1. The van der Waals surface area contributed by atoms with Gasteiger partial charge in [0.25, 0.3) is 0 Å². The highest BCUT2D eigenvalue weighted by molar-refractivity contribution is 5.52. The molecule has 0 radical (unpaired) electrons. The van der Waals surface area contributed by atoms with Gasteiger partial charge in [0.15, 0.2) is 0 Å². The Labute approximate surface area is 108 Å². The Hall–Kier alpha value is -2.03. The summed E-state index contributed by atoms with van der Waals surface area (Å²) in [5, 5.41) is 0. The van der Waals surface area contributed by atoms with E-state index >= 15 is 0 Å². The molecule has 0 saturated carbocycles. The van der Waals surface area contributed by atoms with Crippen molar-refractivity contribution >= 4 is 11.5 Å². The number of nitrogen functional groups attached to an aromatic ring is 1. The van der Waals surface area contributed by atoms with Gasteiger partial charge >= 0.3 is 0 Å². The molecule has 94 valence electrons. The Balaban J connectivity index is 2.22. The monoisotopic (exact) mass is 241 g/mol. The molecule has 0 fully saturated rings. The second-order valence-corrected chi connectivity index (χ2v) is 4.75. The fourth-order valence-corrected chi connectivity index (χ4v) is 2.10. The van der Waals surface area contributed by atoms with Gasteiger partial charge in [0, 0.05) is 31.0 Å². The molecule has 1 aromatic carbocycles. The second kappa shape index (κ2) is 5.08. The van der Waals surface area contributed by atoms with Crippen LogP contribution in [-0.4, -0.2) is 12.0 Å². The zero-order valence-corrected chi connectivity index (χ0v) is 11.1. The first-order valence-corrected chi connectivity index (χ1v) is 6.05. The van der Waals surface area contributed by atoms with Crippen LogP contribution in [0, 0.1) is 13.8 Å². The normalized spacial score (nSPS) is 10.4. The van der Waals surface area contributed by atoms with E-state index < -0.39 is 0 Å². The topological polar surface area (TPSA) is 42.2 Å². The van der Waals surface area contributed by atoms with Crippen LogP contribution >= 0.6 is 0 Å². The minimum Gasteiger partial charge on any atom is -0.383 e. The number of hydrogen-bond donors (Lipinski definition) is 1. The molecule has 3 nitrogen and oxygen atoms in total. The number of nitrogens with zero attached hydrogens (tertiary/aromatic N) is 2. The molecule has 0 aliphatic rings. The van der Waals surface area contributed by atoms with Crippen LogP contribution in [0.1, 0.15) is 16.7 Å². The Bertz CT molecular complexity index is 529. The molecule has 0 saturated heterocycles. The fraction of sp³-hybridized carbons (Fsp3) is 0.267. The number of aromatic nitrogens is 1. The molecule has 0 bridgehead atoms. The van der Waals surface area contributed by atoms with E-state index in [9.17, 15) is 0 Å². The molecular weight excluding hydrogens is 222 g/mol. The fourth-order valence-electron chi connectivity index (χ4n) is 2.10. The van der Waals surface area contributed by atoms with Crippen molar-refractivity contribution < 1.29 is 0 Å². The van der Waals surface area contributed by atoms with Gasteiger partial charge in [0.2, 0.25) is 0 Å². The van der Waals surface area contributed by atoms with E-state index in [-0.39, 0.29) is 0 Å². The lowest BCUT2D eigenvalue weighted by Gasteiger charge is -2.21. The average Bonchev–Trinajstić information content (AvgIpc) is 2.31. The molecule has 0 amide bonds. The van der Waals surface area contributed by atoms with Gasteiger partial charge < -0.3 is 10.6 Å². The van der Waals surface area contributed by atoms with E-state index in [0.717, 1.165) is 12.1 Å². The van der Waals surface area contributed by atoms with Crippen LogP contribution in [0.2, 0.25) is 0 Å². The zero-order valence-electron chi connectivity index (χ0n) is 11.1. The zero-order chi connectivity index (χ0) is 13.1. The first kappa shape index (κ1) is 12.4. The van der Waals surface area contributed by atoms with E-state index in [1.165, 1.54) is 16.8 Å². The Morgan fingerprint density at radius 1 is 1.17 bits per heavy atom. The van der Waals surface area contributed by atoms with E-state index in [2.05, 4.69) is 49.0 Å². The lowest BCUT2D eigenvalue weighted by Crippen LogP contribution is -2.17. The predicted octanol–water partition coefficient (Wildman–Crippen LogP) is 2.92. The lowest BCUT2D eigenvalue weighted by molar-refractivity contribution is 0.917. The van der Waals surface area contributed by atoms with Gasteiger partial charge in [-0.2, -0.15) is 0 Å². The summed E-state index contributed by atoms with van der Waals surface area (Å²) in [7, 11) is 2.07. The Morgan fingerprint density at radius 3 is 2.44 bits per heavy atom. The molecule has 0 aliphatic carbocycles. The van der Waals surface area contributed by atoms with Crippen LogP contribution in [0.5, 0.6) is 0 Å². The maximum Gasteiger partial charge on any atom is 0.128 e. The third kappa shape index (κ3) is 2.80. The first-order chi connectivity index (χ1) is 8.56. The summed E-state index contributed by atoms with van der Waals surface area (Å²) in [6, 6.07) is 10.5. The van der Waals surface area contributed by atoms with Crippen LogP contribution in [-0.2, 0) is 6.54 Å².